The lowest BCUT2D eigenvalue weighted by Crippen LogP contribution is -2.50. The molecule has 0 saturated carbocycles. The minimum Gasteiger partial charge on any atom is -0.461 e. The zero-order chi connectivity index (χ0) is 13.9. The molecule has 1 saturated heterocycles. The van der Waals surface area contributed by atoms with E-state index in [1.165, 1.54) is 12.3 Å². The number of hydrogen-bond donors (Lipinski definition) is 2. The molecule has 0 bridgehead atoms. The molecule has 2 amide bonds. The topological polar surface area (TPSA) is 97.4 Å². The van der Waals surface area contributed by atoms with E-state index in [2.05, 4.69) is 15.8 Å². The standard InChI is InChI=1S/C13H13N3O4/c17-12-8(3-1-5-14-12)15-13(18)9-7-11(20-16-9)10-4-2-6-19-10/h2,4,6-8H,1,3,5H2,(H,14,17)(H,15,18). The van der Waals surface area contributed by atoms with Crippen LogP contribution in [0.3, 0.4) is 0 Å². The number of carbonyl (C=O) groups is 2. The first-order chi connectivity index (χ1) is 9.74. The highest BCUT2D eigenvalue weighted by Crippen LogP contribution is 2.20. The van der Waals surface area contributed by atoms with Crippen LogP contribution in [-0.4, -0.2) is 29.6 Å². The molecule has 1 atom stereocenters. The Balaban J connectivity index is 1.70. The fourth-order valence-electron chi connectivity index (χ4n) is 2.06. The molecule has 0 radical (unpaired) electrons. The molecular formula is C13H13N3O4. The van der Waals surface area contributed by atoms with Gasteiger partial charge in [0.2, 0.25) is 11.7 Å². The first-order valence-corrected chi connectivity index (χ1v) is 6.33. The molecule has 2 aromatic heterocycles. The van der Waals surface area contributed by atoms with Gasteiger partial charge in [0.25, 0.3) is 5.91 Å². The Morgan fingerprint density at radius 2 is 2.35 bits per heavy atom. The van der Waals surface area contributed by atoms with Crippen molar-refractivity contribution < 1.29 is 18.5 Å². The molecule has 0 aliphatic carbocycles. The first kappa shape index (κ1) is 12.5. The van der Waals surface area contributed by atoms with Gasteiger partial charge in [-0.2, -0.15) is 0 Å². The highest BCUT2D eigenvalue weighted by molar-refractivity contribution is 5.96. The number of hydrogen-bond acceptors (Lipinski definition) is 5. The van der Waals surface area contributed by atoms with E-state index in [0.717, 1.165) is 6.42 Å². The van der Waals surface area contributed by atoms with Crippen LogP contribution in [0.25, 0.3) is 11.5 Å². The Bertz CT molecular complexity index is 617. The van der Waals surface area contributed by atoms with Gasteiger partial charge in [-0.1, -0.05) is 5.16 Å². The van der Waals surface area contributed by atoms with Crippen molar-refractivity contribution in [3.8, 4) is 11.5 Å². The summed E-state index contributed by atoms with van der Waals surface area (Å²) in [4.78, 5) is 23.6. The van der Waals surface area contributed by atoms with Crippen molar-refractivity contribution >= 4 is 11.8 Å². The third-order valence-corrected chi connectivity index (χ3v) is 3.10. The summed E-state index contributed by atoms with van der Waals surface area (Å²) in [5.41, 5.74) is 0.120. The summed E-state index contributed by atoms with van der Waals surface area (Å²) in [5, 5.41) is 9.03. The molecule has 3 heterocycles. The Kier molecular flexibility index (Phi) is 3.24. The summed E-state index contributed by atoms with van der Waals surface area (Å²) in [6.45, 7) is 0.651. The van der Waals surface area contributed by atoms with E-state index in [0.29, 0.717) is 24.5 Å². The highest BCUT2D eigenvalue weighted by Gasteiger charge is 2.25. The van der Waals surface area contributed by atoms with Gasteiger partial charge in [0.05, 0.1) is 6.26 Å². The normalized spacial score (nSPS) is 18.6. The Hall–Kier alpha value is -2.57. The maximum atomic E-state index is 12.0. The van der Waals surface area contributed by atoms with Crippen molar-refractivity contribution in [2.75, 3.05) is 6.54 Å². The number of furan rings is 1. The van der Waals surface area contributed by atoms with E-state index in [-0.39, 0.29) is 11.6 Å². The number of nitrogens with one attached hydrogen (secondary N) is 2. The second-order valence-electron chi connectivity index (χ2n) is 4.51. The van der Waals surface area contributed by atoms with Crippen LogP contribution in [0.15, 0.2) is 33.4 Å². The number of nitrogens with zero attached hydrogens (tertiary/aromatic N) is 1. The van der Waals surface area contributed by atoms with Crippen LogP contribution < -0.4 is 10.6 Å². The number of piperidine rings is 1. The number of aromatic nitrogens is 1. The van der Waals surface area contributed by atoms with E-state index in [9.17, 15) is 9.59 Å². The molecule has 3 rings (SSSR count). The van der Waals surface area contributed by atoms with E-state index >= 15 is 0 Å². The smallest absolute Gasteiger partial charge is 0.274 e. The zero-order valence-electron chi connectivity index (χ0n) is 10.6. The molecule has 1 aliphatic rings. The van der Waals surface area contributed by atoms with Gasteiger partial charge in [-0.3, -0.25) is 9.59 Å². The summed E-state index contributed by atoms with van der Waals surface area (Å²) >= 11 is 0. The molecule has 0 aromatic carbocycles. The quantitative estimate of drug-likeness (QED) is 0.869. The van der Waals surface area contributed by atoms with Gasteiger partial charge in [-0.25, -0.2) is 0 Å². The molecule has 7 heteroatoms. The van der Waals surface area contributed by atoms with Crippen molar-refractivity contribution in [2.24, 2.45) is 0 Å². The minimum absolute atomic E-state index is 0.120. The van der Waals surface area contributed by atoms with Crippen molar-refractivity contribution in [1.82, 2.24) is 15.8 Å². The second-order valence-corrected chi connectivity index (χ2v) is 4.51. The van der Waals surface area contributed by atoms with Gasteiger partial charge in [-0.15, -0.1) is 0 Å². The lowest BCUT2D eigenvalue weighted by molar-refractivity contribution is -0.124. The summed E-state index contributed by atoms with van der Waals surface area (Å²) in [6, 6.07) is 4.38. The Morgan fingerprint density at radius 1 is 1.45 bits per heavy atom. The van der Waals surface area contributed by atoms with Gasteiger partial charge in [0.15, 0.2) is 11.5 Å². The maximum absolute atomic E-state index is 12.0. The Morgan fingerprint density at radius 3 is 3.10 bits per heavy atom. The second kappa shape index (κ2) is 5.20. The summed E-state index contributed by atoms with van der Waals surface area (Å²) in [7, 11) is 0. The van der Waals surface area contributed by atoms with Gasteiger partial charge in [0, 0.05) is 12.6 Å². The molecule has 20 heavy (non-hydrogen) atoms. The van der Waals surface area contributed by atoms with Crippen LogP contribution in [0.4, 0.5) is 0 Å². The van der Waals surface area contributed by atoms with Crippen LogP contribution in [0.2, 0.25) is 0 Å². The van der Waals surface area contributed by atoms with Crippen molar-refractivity contribution in [3.63, 3.8) is 0 Å². The van der Waals surface area contributed by atoms with Gasteiger partial charge in [-0.05, 0) is 25.0 Å². The largest absolute Gasteiger partial charge is 0.461 e. The van der Waals surface area contributed by atoms with Crippen LogP contribution in [0.1, 0.15) is 23.3 Å². The summed E-state index contributed by atoms with van der Waals surface area (Å²) in [5.74, 6) is 0.258. The fourth-order valence-corrected chi connectivity index (χ4v) is 2.06. The van der Waals surface area contributed by atoms with Gasteiger partial charge in [0.1, 0.15) is 6.04 Å². The summed E-state index contributed by atoms with van der Waals surface area (Å²) < 4.78 is 10.2. The lowest BCUT2D eigenvalue weighted by Gasteiger charge is -2.22. The number of rotatable bonds is 3. The van der Waals surface area contributed by atoms with Crippen LogP contribution >= 0.6 is 0 Å². The molecule has 7 nitrogen and oxygen atoms in total. The molecule has 1 fully saturated rings. The van der Waals surface area contributed by atoms with E-state index < -0.39 is 11.9 Å². The average molecular weight is 275 g/mol. The zero-order valence-corrected chi connectivity index (χ0v) is 10.6. The van der Waals surface area contributed by atoms with Crippen LogP contribution in [-0.2, 0) is 4.79 Å². The number of amides is 2. The third kappa shape index (κ3) is 2.42. The minimum atomic E-state index is -0.514. The monoisotopic (exact) mass is 275 g/mol. The summed E-state index contributed by atoms with van der Waals surface area (Å²) in [6.07, 6.45) is 2.97. The fraction of sp³-hybridized carbons (Fsp3) is 0.308. The predicted molar refractivity (Wildman–Crippen MR) is 67.7 cm³/mol. The Labute approximate surface area is 114 Å². The van der Waals surface area contributed by atoms with Crippen molar-refractivity contribution in [2.45, 2.75) is 18.9 Å². The molecule has 0 spiro atoms. The number of carbonyl (C=O) groups excluding carboxylic acids is 2. The van der Waals surface area contributed by atoms with Crippen LogP contribution in [0, 0.1) is 0 Å². The SMILES string of the molecule is O=C(NC1CCCNC1=O)c1cc(-c2ccco2)on1. The van der Waals surface area contributed by atoms with E-state index in [4.69, 9.17) is 8.94 Å². The molecule has 1 aliphatic heterocycles. The average Bonchev–Trinajstić information content (AvgIpc) is 3.11. The van der Waals surface area contributed by atoms with Gasteiger partial charge < -0.3 is 19.6 Å². The molecular weight excluding hydrogens is 262 g/mol. The van der Waals surface area contributed by atoms with Crippen molar-refractivity contribution in [1.29, 1.82) is 0 Å². The molecule has 2 aromatic rings. The molecule has 104 valence electrons. The maximum Gasteiger partial charge on any atom is 0.274 e. The van der Waals surface area contributed by atoms with Crippen molar-refractivity contribution in [3.05, 3.63) is 30.2 Å². The lowest BCUT2D eigenvalue weighted by atomic mass is 10.1. The van der Waals surface area contributed by atoms with E-state index in [1.54, 1.807) is 12.1 Å². The third-order valence-electron chi connectivity index (χ3n) is 3.10. The highest BCUT2D eigenvalue weighted by atomic mass is 16.5. The first-order valence-electron chi connectivity index (χ1n) is 6.33. The predicted octanol–water partition coefficient (Wildman–Crippen LogP) is 0.943. The molecule has 2 N–H and O–H groups in total. The van der Waals surface area contributed by atoms with Gasteiger partial charge >= 0.3 is 0 Å². The molecule has 1 unspecified atom stereocenters. The van der Waals surface area contributed by atoms with Crippen LogP contribution in [0.5, 0.6) is 0 Å². The van der Waals surface area contributed by atoms with E-state index in [1.807, 2.05) is 0 Å².